The molecule has 2 aromatic rings. The average molecular weight is 284 g/mol. The molecule has 0 aliphatic carbocycles. The van der Waals surface area contributed by atoms with Gasteiger partial charge in [-0.05, 0) is 39.0 Å². The molecule has 15 heavy (non-hydrogen) atoms. The first-order valence-corrected chi connectivity index (χ1v) is 6.17. The minimum atomic E-state index is -0.591. The van der Waals surface area contributed by atoms with Crippen LogP contribution in [0, 0.1) is 0 Å². The molecule has 0 saturated carbocycles. The third kappa shape index (κ3) is 2.22. The number of thiophene rings is 1. The molecule has 1 unspecified atom stereocenters. The van der Waals surface area contributed by atoms with Crippen LogP contribution >= 0.6 is 27.3 Å². The molecule has 0 spiro atoms. The summed E-state index contributed by atoms with van der Waals surface area (Å²) in [4.78, 5) is 0. The Balaban J connectivity index is 2.32. The van der Waals surface area contributed by atoms with Crippen LogP contribution in [0.25, 0.3) is 0 Å². The van der Waals surface area contributed by atoms with E-state index in [-0.39, 0.29) is 0 Å². The highest BCUT2D eigenvalue weighted by atomic mass is 79.9. The molecule has 2 rings (SSSR count). The van der Waals surface area contributed by atoms with Gasteiger partial charge in [0.05, 0.1) is 0 Å². The molecule has 1 aromatic carbocycles. The molecule has 0 bridgehead atoms. The fraction of sp³-hybridized carbons (Fsp3) is 0.0909. The van der Waals surface area contributed by atoms with Crippen molar-refractivity contribution in [3.05, 3.63) is 50.6 Å². The van der Waals surface area contributed by atoms with Gasteiger partial charge >= 0.3 is 0 Å². The summed E-state index contributed by atoms with van der Waals surface area (Å²) in [5.74, 6) is 0. The zero-order valence-corrected chi connectivity index (χ0v) is 10.3. The van der Waals surface area contributed by atoms with E-state index in [1.165, 1.54) is 0 Å². The van der Waals surface area contributed by atoms with Crippen molar-refractivity contribution in [2.45, 2.75) is 6.10 Å². The summed E-state index contributed by atoms with van der Waals surface area (Å²) >= 11 is 4.97. The number of benzene rings is 1. The van der Waals surface area contributed by atoms with Crippen molar-refractivity contribution in [1.82, 2.24) is 0 Å². The summed E-state index contributed by atoms with van der Waals surface area (Å²) in [6.07, 6.45) is -0.591. The van der Waals surface area contributed by atoms with Gasteiger partial charge in [0.1, 0.15) is 6.10 Å². The van der Waals surface area contributed by atoms with Crippen LogP contribution in [0.2, 0.25) is 0 Å². The Bertz CT molecular complexity index is 452. The molecule has 3 N–H and O–H groups in total. The van der Waals surface area contributed by atoms with Crippen LogP contribution in [-0.4, -0.2) is 5.11 Å². The molecule has 0 aliphatic heterocycles. The largest absolute Gasteiger partial charge is 0.399 e. The fourth-order valence-electron chi connectivity index (χ4n) is 1.34. The van der Waals surface area contributed by atoms with Crippen LogP contribution < -0.4 is 5.73 Å². The first kappa shape index (κ1) is 10.7. The maximum Gasteiger partial charge on any atom is 0.106 e. The number of hydrogen-bond donors (Lipinski definition) is 2. The van der Waals surface area contributed by atoms with E-state index in [4.69, 9.17) is 5.73 Å². The van der Waals surface area contributed by atoms with Gasteiger partial charge in [-0.3, -0.25) is 0 Å². The van der Waals surface area contributed by atoms with Crippen molar-refractivity contribution in [2.75, 3.05) is 5.73 Å². The van der Waals surface area contributed by atoms with Gasteiger partial charge in [-0.1, -0.05) is 12.1 Å². The van der Waals surface area contributed by atoms with E-state index in [1.807, 2.05) is 22.9 Å². The second-order valence-electron chi connectivity index (χ2n) is 3.24. The number of nitrogen functional groups attached to an aromatic ring is 1. The van der Waals surface area contributed by atoms with Crippen molar-refractivity contribution in [3.8, 4) is 0 Å². The lowest BCUT2D eigenvalue weighted by atomic mass is 10.0. The maximum absolute atomic E-state index is 10.1. The number of aliphatic hydroxyl groups excluding tert-OH is 1. The summed E-state index contributed by atoms with van der Waals surface area (Å²) in [6.45, 7) is 0. The van der Waals surface area contributed by atoms with Gasteiger partial charge in [0, 0.05) is 21.1 Å². The summed E-state index contributed by atoms with van der Waals surface area (Å²) in [5, 5.41) is 14.0. The highest BCUT2D eigenvalue weighted by Gasteiger charge is 2.13. The predicted molar refractivity (Wildman–Crippen MR) is 66.9 cm³/mol. The lowest BCUT2D eigenvalue weighted by Crippen LogP contribution is -1.98. The molecule has 2 nitrogen and oxygen atoms in total. The number of rotatable bonds is 2. The third-order valence-electron chi connectivity index (χ3n) is 2.19. The zero-order valence-electron chi connectivity index (χ0n) is 7.85. The molecule has 0 amide bonds. The topological polar surface area (TPSA) is 46.2 Å². The minimum absolute atomic E-state index is 0.591. The van der Waals surface area contributed by atoms with Crippen LogP contribution in [0.15, 0.2) is 39.5 Å². The number of aliphatic hydroxyl groups is 1. The molecule has 78 valence electrons. The van der Waals surface area contributed by atoms with Crippen molar-refractivity contribution in [2.24, 2.45) is 0 Å². The smallest absolute Gasteiger partial charge is 0.106 e. The van der Waals surface area contributed by atoms with Crippen LogP contribution in [0.4, 0.5) is 5.69 Å². The van der Waals surface area contributed by atoms with Crippen molar-refractivity contribution >= 4 is 33.0 Å². The standard InChI is InChI=1S/C11H10BrNOS/c12-10-6-15-5-9(10)11(14)7-1-3-8(13)4-2-7/h1-6,11,14H,13H2. The van der Waals surface area contributed by atoms with Gasteiger partial charge < -0.3 is 10.8 Å². The summed E-state index contributed by atoms with van der Waals surface area (Å²) in [7, 11) is 0. The highest BCUT2D eigenvalue weighted by molar-refractivity contribution is 9.10. The third-order valence-corrected chi connectivity index (χ3v) is 3.94. The Hall–Kier alpha value is -0.840. The Labute approximate surface area is 100 Å². The van der Waals surface area contributed by atoms with E-state index in [1.54, 1.807) is 23.5 Å². The van der Waals surface area contributed by atoms with E-state index >= 15 is 0 Å². The molecule has 0 radical (unpaired) electrons. The second kappa shape index (κ2) is 4.35. The van der Waals surface area contributed by atoms with Crippen LogP contribution in [0.5, 0.6) is 0 Å². The van der Waals surface area contributed by atoms with Gasteiger partial charge in [-0.25, -0.2) is 0 Å². The van der Waals surface area contributed by atoms with E-state index in [0.29, 0.717) is 5.69 Å². The summed E-state index contributed by atoms with van der Waals surface area (Å²) in [6, 6.07) is 7.26. The highest BCUT2D eigenvalue weighted by Crippen LogP contribution is 2.31. The lowest BCUT2D eigenvalue weighted by Gasteiger charge is -2.10. The second-order valence-corrected chi connectivity index (χ2v) is 4.84. The number of anilines is 1. The van der Waals surface area contributed by atoms with Gasteiger partial charge in [-0.2, -0.15) is 11.3 Å². The van der Waals surface area contributed by atoms with Crippen LogP contribution in [0.3, 0.4) is 0 Å². The lowest BCUT2D eigenvalue weighted by molar-refractivity contribution is 0.220. The summed E-state index contributed by atoms with van der Waals surface area (Å²) in [5.41, 5.74) is 8.03. The SMILES string of the molecule is Nc1ccc(C(O)c2cscc2Br)cc1. The van der Waals surface area contributed by atoms with Gasteiger partial charge in [0.2, 0.25) is 0 Å². The van der Waals surface area contributed by atoms with Crippen LogP contribution in [0.1, 0.15) is 17.2 Å². The van der Waals surface area contributed by atoms with E-state index in [9.17, 15) is 5.11 Å². The normalized spacial score (nSPS) is 12.7. The molecule has 1 heterocycles. The molecule has 1 atom stereocenters. The summed E-state index contributed by atoms with van der Waals surface area (Å²) < 4.78 is 0.942. The van der Waals surface area contributed by atoms with E-state index in [2.05, 4.69) is 15.9 Å². The van der Waals surface area contributed by atoms with Gasteiger partial charge in [0.25, 0.3) is 0 Å². The van der Waals surface area contributed by atoms with E-state index < -0.39 is 6.10 Å². The predicted octanol–water partition coefficient (Wildman–Crippen LogP) is 3.17. The fourth-order valence-corrected chi connectivity index (χ4v) is 2.88. The maximum atomic E-state index is 10.1. The molecule has 4 heteroatoms. The number of halogens is 1. The Morgan fingerprint density at radius 2 is 1.87 bits per heavy atom. The van der Waals surface area contributed by atoms with Crippen molar-refractivity contribution < 1.29 is 5.11 Å². The molecule has 0 saturated heterocycles. The quantitative estimate of drug-likeness (QED) is 0.832. The molecule has 0 fully saturated rings. The molecule has 0 aliphatic rings. The van der Waals surface area contributed by atoms with Crippen LogP contribution in [-0.2, 0) is 0 Å². The molecule has 1 aromatic heterocycles. The van der Waals surface area contributed by atoms with E-state index in [0.717, 1.165) is 15.6 Å². The average Bonchev–Trinajstić information content (AvgIpc) is 2.65. The monoisotopic (exact) mass is 283 g/mol. The Morgan fingerprint density at radius 3 is 2.40 bits per heavy atom. The van der Waals surface area contributed by atoms with Gasteiger partial charge in [-0.15, -0.1) is 0 Å². The van der Waals surface area contributed by atoms with Crippen molar-refractivity contribution in [1.29, 1.82) is 0 Å². The Kier molecular flexibility index (Phi) is 3.09. The first-order valence-electron chi connectivity index (χ1n) is 4.43. The number of nitrogens with two attached hydrogens (primary N) is 1. The zero-order chi connectivity index (χ0) is 10.8. The Morgan fingerprint density at radius 1 is 1.20 bits per heavy atom. The van der Waals surface area contributed by atoms with Crippen molar-refractivity contribution in [3.63, 3.8) is 0 Å². The number of hydrogen-bond acceptors (Lipinski definition) is 3. The molecular weight excluding hydrogens is 274 g/mol. The first-order chi connectivity index (χ1) is 7.18. The minimum Gasteiger partial charge on any atom is -0.399 e. The van der Waals surface area contributed by atoms with Gasteiger partial charge in [0.15, 0.2) is 0 Å². The molecular formula is C11H10BrNOS.